The molecule has 0 radical (unpaired) electrons. The van der Waals surface area contributed by atoms with E-state index in [1.807, 2.05) is 6.92 Å². The van der Waals surface area contributed by atoms with Crippen molar-refractivity contribution < 1.29 is 9.53 Å². The van der Waals surface area contributed by atoms with Crippen LogP contribution in [0.15, 0.2) is 0 Å². The molecule has 0 bridgehead atoms. The van der Waals surface area contributed by atoms with E-state index < -0.39 is 5.54 Å². The van der Waals surface area contributed by atoms with Gasteiger partial charge in [-0.2, -0.15) is 0 Å². The molecule has 100 valence electrons. The largest absolute Gasteiger partial charge is 0.465 e. The normalized spacial score (nSPS) is 33.4. The second kappa shape index (κ2) is 6.39. The summed E-state index contributed by atoms with van der Waals surface area (Å²) in [6.45, 7) is 9.76. The monoisotopic (exact) mass is 241 g/mol. The van der Waals surface area contributed by atoms with Gasteiger partial charge < -0.3 is 10.1 Å². The van der Waals surface area contributed by atoms with Crippen molar-refractivity contribution in [3.8, 4) is 0 Å². The Hall–Kier alpha value is -0.570. The molecule has 1 aliphatic rings. The van der Waals surface area contributed by atoms with Crippen molar-refractivity contribution in [3.05, 3.63) is 0 Å². The SMILES string of the molecule is CCCNC1(C(=O)OCC)CC(C)CCC1C. The average Bonchev–Trinajstić information content (AvgIpc) is 2.30. The molecule has 1 fully saturated rings. The first-order chi connectivity index (χ1) is 8.06. The Kier molecular flexibility index (Phi) is 5.44. The molecule has 3 nitrogen and oxygen atoms in total. The predicted octanol–water partition coefficient (Wildman–Crippen LogP) is 2.74. The average molecular weight is 241 g/mol. The molecule has 1 saturated carbocycles. The summed E-state index contributed by atoms with van der Waals surface area (Å²) < 4.78 is 5.30. The molecule has 3 unspecified atom stereocenters. The Bertz CT molecular complexity index is 255. The molecular weight excluding hydrogens is 214 g/mol. The summed E-state index contributed by atoms with van der Waals surface area (Å²) in [4.78, 5) is 12.3. The van der Waals surface area contributed by atoms with Crippen LogP contribution in [0.25, 0.3) is 0 Å². The Morgan fingerprint density at radius 1 is 1.35 bits per heavy atom. The zero-order valence-corrected chi connectivity index (χ0v) is 11.7. The third-order valence-electron chi connectivity index (χ3n) is 3.93. The minimum Gasteiger partial charge on any atom is -0.465 e. The summed E-state index contributed by atoms with van der Waals surface area (Å²) in [7, 11) is 0. The Morgan fingerprint density at radius 3 is 2.65 bits per heavy atom. The third-order valence-corrected chi connectivity index (χ3v) is 3.93. The number of hydrogen-bond donors (Lipinski definition) is 1. The van der Waals surface area contributed by atoms with Crippen LogP contribution < -0.4 is 5.32 Å². The lowest BCUT2D eigenvalue weighted by molar-refractivity contribution is -0.156. The van der Waals surface area contributed by atoms with Gasteiger partial charge in [0.05, 0.1) is 6.61 Å². The highest BCUT2D eigenvalue weighted by Gasteiger charge is 2.47. The van der Waals surface area contributed by atoms with Crippen molar-refractivity contribution in [2.24, 2.45) is 11.8 Å². The number of nitrogens with one attached hydrogen (secondary N) is 1. The van der Waals surface area contributed by atoms with E-state index >= 15 is 0 Å². The van der Waals surface area contributed by atoms with Gasteiger partial charge in [0.1, 0.15) is 5.54 Å². The highest BCUT2D eigenvalue weighted by atomic mass is 16.5. The van der Waals surface area contributed by atoms with E-state index in [4.69, 9.17) is 4.74 Å². The highest BCUT2D eigenvalue weighted by molar-refractivity contribution is 5.81. The maximum absolute atomic E-state index is 12.3. The van der Waals surface area contributed by atoms with E-state index in [1.165, 1.54) is 6.42 Å². The van der Waals surface area contributed by atoms with E-state index in [-0.39, 0.29) is 5.97 Å². The van der Waals surface area contributed by atoms with Gasteiger partial charge in [-0.15, -0.1) is 0 Å². The van der Waals surface area contributed by atoms with Gasteiger partial charge in [0.25, 0.3) is 0 Å². The van der Waals surface area contributed by atoms with E-state index in [0.29, 0.717) is 18.4 Å². The molecule has 3 heteroatoms. The summed E-state index contributed by atoms with van der Waals surface area (Å²) in [6, 6.07) is 0. The summed E-state index contributed by atoms with van der Waals surface area (Å²) in [5, 5.41) is 3.48. The number of carbonyl (C=O) groups excluding carboxylic acids is 1. The summed E-state index contributed by atoms with van der Waals surface area (Å²) in [5.41, 5.74) is -0.441. The van der Waals surface area contributed by atoms with E-state index in [1.54, 1.807) is 0 Å². The Balaban J connectivity index is 2.85. The lowest BCUT2D eigenvalue weighted by Crippen LogP contribution is -2.60. The van der Waals surface area contributed by atoms with E-state index in [2.05, 4.69) is 26.1 Å². The Labute approximate surface area is 105 Å². The summed E-state index contributed by atoms with van der Waals surface area (Å²) >= 11 is 0. The fraction of sp³-hybridized carbons (Fsp3) is 0.929. The van der Waals surface area contributed by atoms with Gasteiger partial charge >= 0.3 is 5.97 Å². The molecule has 17 heavy (non-hydrogen) atoms. The molecule has 0 aromatic rings. The van der Waals surface area contributed by atoms with Crippen molar-refractivity contribution in [3.63, 3.8) is 0 Å². The van der Waals surface area contributed by atoms with Crippen molar-refractivity contribution in [2.45, 2.75) is 58.9 Å². The van der Waals surface area contributed by atoms with Crippen LogP contribution in [0, 0.1) is 11.8 Å². The second-order valence-corrected chi connectivity index (χ2v) is 5.41. The minimum absolute atomic E-state index is 0.0486. The number of esters is 1. The molecule has 3 atom stereocenters. The van der Waals surface area contributed by atoms with Crippen molar-refractivity contribution in [1.82, 2.24) is 5.32 Å². The maximum atomic E-state index is 12.3. The van der Waals surface area contributed by atoms with Crippen LogP contribution >= 0.6 is 0 Å². The molecule has 0 aliphatic heterocycles. The Morgan fingerprint density at radius 2 is 2.06 bits per heavy atom. The summed E-state index contributed by atoms with van der Waals surface area (Å²) in [6.07, 6.45) is 4.28. The standard InChI is InChI=1S/C14H27NO2/c1-5-9-15-14(13(16)17-6-2)10-11(3)7-8-12(14)4/h11-12,15H,5-10H2,1-4H3. The molecule has 0 spiro atoms. The van der Waals surface area contributed by atoms with Gasteiger partial charge in [-0.1, -0.05) is 27.2 Å². The highest BCUT2D eigenvalue weighted by Crippen LogP contribution is 2.37. The van der Waals surface area contributed by atoms with Crippen LogP contribution in [0.3, 0.4) is 0 Å². The van der Waals surface area contributed by atoms with Crippen molar-refractivity contribution in [2.75, 3.05) is 13.2 Å². The second-order valence-electron chi connectivity index (χ2n) is 5.41. The van der Waals surface area contributed by atoms with Crippen molar-refractivity contribution >= 4 is 5.97 Å². The molecule has 0 amide bonds. The molecule has 0 heterocycles. The zero-order chi connectivity index (χ0) is 12.9. The van der Waals surface area contributed by atoms with Gasteiger partial charge in [-0.25, -0.2) is 0 Å². The molecular formula is C14H27NO2. The predicted molar refractivity (Wildman–Crippen MR) is 69.8 cm³/mol. The lowest BCUT2D eigenvalue weighted by Gasteiger charge is -2.43. The zero-order valence-electron chi connectivity index (χ0n) is 11.7. The summed E-state index contributed by atoms with van der Waals surface area (Å²) in [5.74, 6) is 0.914. The number of hydrogen-bond acceptors (Lipinski definition) is 3. The first-order valence-electron chi connectivity index (χ1n) is 6.99. The molecule has 0 saturated heterocycles. The van der Waals surface area contributed by atoms with Crippen LogP contribution in [-0.4, -0.2) is 24.7 Å². The van der Waals surface area contributed by atoms with Crippen LogP contribution in [-0.2, 0) is 9.53 Å². The maximum Gasteiger partial charge on any atom is 0.326 e. The number of carbonyl (C=O) groups is 1. The molecule has 0 aromatic carbocycles. The quantitative estimate of drug-likeness (QED) is 0.752. The van der Waals surface area contributed by atoms with Gasteiger partial charge in [-0.3, -0.25) is 4.79 Å². The van der Waals surface area contributed by atoms with Gasteiger partial charge in [-0.05, 0) is 44.6 Å². The van der Waals surface area contributed by atoms with E-state index in [0.717, 1.165) is 25.8 Å². The molecule has 1 rings (SSSR count). The fourth-order valence-electron chi connectivity index (χ4n) is 2.84. The fourth-order valence-corrected chi connectivity index (χ4v) is 2.84. The van der Waals surface area contributed by atoms with Gasteiger partial charge in [0.15, 0.2) is 0 Å². The van der Waals surface area contributed by atoms with Crippen LogP contribution in [0.5, 0.6) is 0 Å². The van der Waals surface area contributed by atoms with Crippen LogP contribution in [0.1, 0.15) is 53.4 Å². The first kappa shape index (κ1) is 14.5. The topological polar surface area (TPSA) is 38.3 Å². The molecule has 1 N–H and O–H groups in total. The molecule has 1 aliphatic carbocycles. The van der Waals surface area contributed by atoms with E-state index in [9.17, 15) is 4.79 Å². The molecule has 0 aromatic heterocycles. The number of rotatable bonds is 5. The van der Waals surface area contributed by atoms with Crippen molar-refractivity contribution in [1.29, 1.82) is 0 Å². The number of ether oxygens (including phenoxy) is 1. The van der Waals surface area contributed by atoms with Gasteiger partial charge in [0, 0.05) is 0 Å². The third kappa shape index (κ3) is 3.21. The minimum atomic E-state index is -0.441. The first-order valence-corrected chi connectivity index (χ1v) is 6.99. The van der Waals surface area contributed by atoms with Crippen LogP contribution in [0.2, 0.25) is 0 Å². The lowest BCUT2D eigenvalue weighted by atomic mass is 9.69. The van der Waals surface area contributed by atoms with Crippen LogP contribution in [0.4, 0.5) is 0 Å². The van der Waals surface area contributed by atoms with Gasteiger partial charge in [0.2, 0.25) is 0 Å². The smallest absolute Gasteiger partial charge is 0.326 e.